The van der Waals surface area contributed by atoms with E-state index in [1.807, 2.05) is 23.9 Å². The van der Waals surface area contributed by atoms with Crippen molar-refractivity contribution in [2.45, 2.75) is 17.2 Å². The van der Waals surface area contributed by atoms with Crippen molar-refractivity contribution in [1.29, 1.82) is 0 Å². The molecule has 2 rings (SSSR count). The van der Waals surface area contributed by atoms with Gasteiger partial charge in [-0.2, -0.15) is 0 Å². The molecule has 110 valence electrons. The van der Waals surface area contributed by atoms with Crippen molar-refractivity contribution in [3.05, 3.63) is 29.8 Å². The highest BCUT2D eigenvalue weighted by Crippen LogP contribution is 2.37. The number of benzene rings is 1. The normalized spacial score (nSPS) is 17.6. The number of hydrogen-bond acceptors (Lipinski definition) is 4. The summed E-state index contributed by atoms with van der Waals surface area (Å²) in [5.41, 5.74) is 1.17. The Morgan fingerprint density at radius 3 is 3.05 bits per heavy atom. The van der Waals surface area contributed by atoms with E-state index >= 15 is 0 Å². The van der Waals surface area contributed by atoms with Gasteiger partial charge in [0.05, 0.1) is 12.5 Å². The molecular formula is C15H22N2O2S. The number of nitrogens with one attached hydrogen (secondary N) is 2. The van der Waals surface area contributed by atoms with Gasteiger partial charge < -0.3 is 15.4 Å². The maximum atomic E-state index is 12.3. The average molecular weight is 294 g/mol. The van der Waals surface area contributed by atoms with Gasteiger partial charge in [0.25, 0.3) is 0 Å². The molecule has 0 fully saturated rings. The van der Waals surface area contributed by atoms with E-state index < -0.39 is 0 Å². The number of rotatable bonds is 7. The predicted octanol–water partition coefficient (Wildman–Crippen LogP) is 1.62. The standard InChI is InChI=1S/C15H22N2O2S/c1-19-10-9-16-7-8-17-15(18)13-6-11-20-14-5-3-2-4-12(13)14/h2-5,13,16H,6-11H2,1H3,(H,17,18). The zero-order valence-corrected chi connectivity index (χ0v) is 12.7. The van der Waals surface area contributed by atoms with Crippen LogP contribution >= 0.6 is 11.8 Å². The molecule has 1 unspecified atom stereocenters. The van der Waals surface area contributed by atoms with E-state index in [4.69, 9.17) is 4.74 Å². The van der Waals surface area contributed by atoms with E-state index in [9.17, 15) is 4.79 Å². The summed E-state index contributed by atoms with van der Waals surface area (Å²) in [7, 11) is 1.68. The van der Waals surface area contributed by atoms with E-state index in [1.54, 1.807) is 7.11 Å². The third-order valence-corrected chi connectivity index (χ3v) is 4.48. The summed E-state index contributed by atoms with van der Waals surface area (Å²) in [6.45, 7) is 2.95. The Morgan fingerprint density at radius 2 is 2.20 bits per heavy atom. The molecule has 0 radical (unpaired) electrons. The first-order valence-electron chi connectivity index (χ1n) is 7.02. The number of hydrogen-bond donors (Lipinski definition) is 2. The van der Waals surface area contributed by atoms with Crippen LogP contribution in [0, 0.1) is 0 Å². The van der Waals surface area contributed by atoms with Gasteiger partial charge in [-0.05, 0) is 23.8 Å². The second kappa shape index (κ2) is 8.29. The highest BCUT2D eigenvalue weighted by Gasteiger charge is 2.26. The first-order valence-corrected chi connectivity index (χ1v) is 8.00. The summed E-state index contributed by atoms with van der Waals surface area (Å²) in [6.07, 6.45) is 0.921. The minimum absolute atomic E-state index is 0.00595. The maximum absolute atomic E-state index is 12.3. The second-order valence-electron chi connectivity index (χ2n) is 4.76. The largest absolute Gasteiger partial charge is 0.383 e. The van der Waals surface area contributed by atoms with Crippen molar-refractivity contribution >= 4 is 17.7 Å². The lowest BCUT2D eigenvalue weighted by atomic mass is 9.95. The first kappa shape index (κ1) is 15.4. The van der Waals surface area contributed by atoms with Crippen LogP contribution in [-0.2, 0) is 9.53 Å². The average Bonchev–Trinajstić information content (AvgIpc) is 2.50. The lowest BCUT2D eigenvalue weighted by Gasteiger charge is -2.24. The third-order valence-electron chi connectivity index (χ3n) is 3.36. The van der Waals surface area contributed by atoms with E-state index in [2.05, 4.69) is 22.8 Å². The third kappa shape index (κ3) is 4.23. The van der Waals surface area contributed by atoms with Gasteiger partial charge in [-0.3, -0.25) is 4.79 Å². The summed E-state index contributed by atoms with van der Waals surface area (Å²) in [4.78, 5) is 13.5. The number of thioether (sulfide) groups is 1. The molecule has 1 aliphatic rings. The fraction of sp³-hybridized carbons (Fsp3) is 0.533. The van der Waals surface area contributed by atoms with Crippen molar-refractivity contribution in [3.63, 3.8) is 0 Å². The number of carbonyl (C=O) groups excluding carboxylic acids is 1. The molecule has 1 atom stereocenters. The Morgan fingerprint density at radius 1 is 1.35 bits per heavy atom. The zero-order valence-electron chi connectivity index (χ0n) is 11.9. The molecule has 4 nitrogen and oxygen atoms in total. The lowest BCUT2D eigenvalue weighted by molar-refractivity contribution is -0.122. The fourth-order valence-electron chi connectivity index (χ4n) is 2.31. The summed E-state index contributed by atoms with van der Waals surface area (Å²) in [5.74, 6) is 1.17. The van der Waals surface area contributed by atoms with Crippen LogP contribution in [0.1, 0.15) is 17.9 Å². The van der Waals surface area contributed by atoms with Gasteiger partial charge in [0.1, 0.15) is 0 Å². The molecule has 0 aliphatic carbocycles. The topological polar surface area (TPSA) is 50.4 Å². The van der Waals surface area contributed by atoms with E-state index in [1.165, 1.54) is 10.5 Å². The molecule has 1 aromatic carbocycles. The molecule has 2 N–H and O–H groups in total. The van der Waals surface area contributed by atoms with Crippen LogP contribution in [0.4, 0.5) is 0 Å². The minimum atomic E-state index is 0.00595. The van der Waals surface area contributed by atoms with Gasteiger partial charge in [-0.25, -0.2) is 0 Å². The smallest absolute Gasteiger partial charge is 0.227 e. The monoisotopic (exact) mass is 294 g/mol. The molecule has 20 heavy (non-hydrogen) atoms. The predicted molar refractivity (Wildman–Crippen MR) is 82.3 cm³/mol. The summed E-state index contributed by atoms with van der Waals surface area (Å²) in [6, 6.07) is 8.22. The Balaban J connectivity index is 1.79. The summed E-state index contributed by atoms with van der Waals surface area (Å²) >= 11 is 1.84. The van der Waals surface area contributed by atoms with Gasteiger partial charge in [-0.15, -0.1) is 11.8 Å². The van der Waals surface area contributed by atoms with Crippen molar-refractivity contribution < 1.29 is 9.53 Å². The van der Waals surface area contributed by atoms with Crippen LogP contribution < -0.4 is 10.6 Å². The Labute approximate surface area is 124 Å². The second-order valence-corrected chi connectivity index (χ2v) is 5.90. The van der Waals surface area contributed by atoms with Crippen molar-refractivity contribution in [2.75, 3.05) is 39.1 Å². The highest BCUT2D eigenvalue weighted by molar-refractivity contribution is 7.99. The Kier molecular flexibility index (Phi) is 6.36. The Bertz CT molecular complexity index is 440. The van der Waals surface area contributed by atoms with Gasteiger partial charge in [0.15, 0.2) is 0 Å². The van der Waals surface area contributed by atoms with Gasteiger partial charge in [0, 0.05) is 31.6 Å². The number of ether oxygens (including phenoxy) is 1. The van der Waals surface area contributed by atoms with Crippen LogP contribution in [0.15, 0.2) is 29.2 Å². The molecule has 0 saturated heterocycles. The number of fused-ring (bicyclic) bond motifs is 1. The van der Waals surface area contributed by atoms with Crippen LogP contribution in [0.25, 0.3) is 0 Å². The maximum Gasteiger partial charge on any atom is 0.227 e. The van der Waals surface area contributed by atoms with E-state index in [0.717, 1.165) is 25.3 Å². The molecular weight excluding hydrogens is 272 g/mol. The van der Waals surface area contributed by atoms with E-state index in [0.29, 0.717) is 13.2 Å². The van der Waals surface area contributed by atoms with Crippen LogP contribution in [0.3, 0.4) is 0 Å². The molecule has 0 saturated carbocycles. The van der Waals surface area contributed by atoms with Crippen molar-refractivity contribution in [2.24, 2.45) is 0 Å². The first-order chi connectivity index (χ1) is 9.83. The van der Waals surface area contributed by atoms with Gasteiger partial charge in [-0.1, -0.05) is 18.2 Å². The fourth-order valence-corrected chi connectivity index (χ4v) is 3.44. The van der Waals surface area contributed by atoms with Crippen LogP contribution in [0.5, 0.6) is 0 Å². The lowest BCUT2D eigenvalue weighted by Crippen LogP contribution is -2.36. The number of amides is 1. The van der Waals surface area contributed by atoms with Crippen molar-refractivity contribution in [3.8, 4) is 0 Å². The molecule has 0 aromatic heterocycles. The molecule has 0 bridgehead atoms. The minimum Gasteiger partial charge on any atom is -0.383 e. The molecule has 1 heterocycles. The van der Waals surface area contributed by atoms with E-state index in [-0.39, 0.29) is 11.8 Å². The number of carbonyl (C=O) groups is 1. The summed E-state index contributed by atoms with van der Waals surface area (Å²) < 4.78 is 4.95. The molecule has 0 spiro atoms. The van der Waals surface area contributed by atoms with Gasteiger partial charge in [0.2, 0.25) is 5.91 Å². The van der Waals surface area contributed by atoms with Gasteiger partial charge >= 0.3 is 0 Å². The number of methoxy groups -OCH3 is 1. The summed E-state index contributed by atoms with van der Waals surface area (Å²) in [5, 5.41) is 6.24. The van der Waals surface area contributed by atoms with Crippen LogP contribution in [-0.4, -0.2) is 45.0 Å². The van der Waals surface area contributed by atoms with Crippen molar-refractivity contribution in [1.82, 2.24) is 10.6 Å². The molecule has 1 aliphatic heterocycles. The highest BCUT2D eigenvalue weighted by atomic mass is 32.2. The van der Waals surface area contributed by atoms with Crippen LogP contribution in [0.2, 0.25) is 0 Å². The SMILES string of the molecule is COCCNCCNC(=O)C1CCSc2ccccc21. The molecule has 1 amide bonds. The molecule has 1 aromatic rings. The quantitative estimate of drug-likeness (QED) is 0.750. The zero-order chi connectivity index (χ0) is 14.2. The Hall–Kier alpha value is -1.04. The molecule has 5 heteroatoms.